The van der Waals surface area contributed by atoms with Gasteiger partial charge in [-0.2, -0.15) is 0 Å². The van der Waals surface area contributed by atoms with Gasteiger partial charge in [-0.1, -0.05) is 58.2 Å². The van der Waals surface area contributed by atoms with E-state index in [0.717, 1.165) is 12.3 Å². The van der Waals surface area contributed by atoms with E-state index in [9.17, 15) is 4.79 Å². The summed E-state index contributed by atoms with van der Waals surface area (Å²) in [7, 11) is 0. The maximum atomic E-state index is 11.8. The SMILES string of the molecule is CC(C)(CNC(=O)CCC1CCCCC1)C(N)=S. The van der Waals surface area contributed by atoms with Crippen molar-refractivity contribution in [1.29, 1.82) is 0 Å². The van der Waals surface area contributed by atoms with Crippen molar-refractivity contribution in [3.63, 3.8) is 0 Å². The van der Waals surface area contributed by atoms with Crippen LogP contribution in [0.25, 0.3) is 0 Å². The molecule has 1 aliphatic rings. The third-order valence-electron chi connectivity index (χ3n) is 3.90. The summed E-state index contributed by atoms with van der Waals surface area (Å²) >= 11 is 4.98. The number of hydrogen-bond acceptors (Lipinski definition) is 2. The van der Waals surface area contributed by atoms with E-state index in [2.05, 4.69) is 5.32 Å². The third-order valence-corrected chi connectivity index (χ3v) is 4.45. The summed E-state index contributed by atoms with van der Waals surface area (Å²) in [6.45, 7) is 4.44. The highest BCUT2D eigenvalue weighted by atomic mass is 32.1. The second-order valence-corrected chi connectivity index (χ2v) is 6.51. The van der Waals surface area contributed by atoms with Crippen LogP contribution in [0.5, 0.6) is 0 Å². The fourth-order valence-corrected chi connectivity index (χ4v) is 2.38. The number of carbonyl (C=O) groups excluding carboxylic acids is 1. The molecule has 0 aromatic heterocycles. The predicted octanol–water partition coefficient (Wildman–Crippen LogP) is 2.78. The molecule has 1 amide bonds. The zero-order chi connectivity index (χ0) is 13.6. The minimum Gasteiger partial charge on any atom is -0.393 e. The molecule has 1 saturated carbocycles. The summed E-state index contributed by atoms with van der Waals surface area (Å²) in [5.74, 6) is 0.887. The minimum absolute atomic E-state index is 0.130. The van der Waals surface area contributed by atoms with Crippen LogP contribution < -0.4 is 11.1 Å². The van der Waals surface area contributed by atoms with E-state index in [1.165, 1.54) is 32.1 Å². The van der Waals surface area contributed by atoms with Crippen molar-refractivity contribution in [2.45, 2.75) is 58.8 Å². The lowest BCUT2D eigenvalue weighted by molar-refractivity contribution is -0.121. The van der Waals surface area contributed by atoms with Gasteiger partial charge in [0.2, 0.25) is 5.91 Å². The van der Waals surface area contributed by atoms with Crippen molar-refractivity contribution in [3.05, 3.63) is 0 Å². The van der Waals surface area contributed by atoms with Gasteiger partial charge in [0, 0.05) is 18.4 Å². The first-order chi connectivity index (χ1) is 8.42. The van der Waals surface area contributed by atoms with Gasteiger partial charge in [-0.3, -0.25) is 4.79 Å². The normalized spacial score (nSPS) is 17.4. The highest BCUT2D eigenvalue weighted by molar-refractivity contribution is 7.80. The Morgan fingerprint density at radius 2 is 1.94 bits per heavy atom. The Kier molecular flexibility index (Phi) is 6.06. The lowest BCUT2D eigenvalue weighted by Crippen LogP contribution is -2.41. The minimum atomic E-state index is -0.296. The number of carbonyl (C=O) groups is 1. The average molecular weight is 270 g/mol. The molecule has 104 valence electrons. The Morgan fingerprint density at radius 3 is 2.50 bits per heavy atom. The first-order valence-electron chi connectivity index (χ1n) is 6.98. The van der Waals surface area contributed by atoms with Crippen LogP contribution in [0.4, 0.5) is 0 Å². The van der Waals surface area contributed by atoms with E-state index in [0.29, 0.717) is 18.0 Å². The van der Waals surface area contributed by atoms with Gasteiger partial charge in [0.25, 0.3) is 0 Å². The van der Waals surface area contributed by atoms with E-state index in [1.54, 1.807) is 0 Å². The zero-order valence-electron chi connectivity index (χ0n) is 11.6. The first kappa shape index (κ1) is 15.4. The van der Waals surface area contributed by atoms with Gasteiger partial charge in [0.1, 0.15) is 0 Å². The molecule has 1 rings (SSSR count). The molecule has 0 saturated heterocycles. The molecule has 0 radical (unpaired) electrons. The molecule has 18 heavy (non-hydrogen) atoms. The molecule has 0 aliphatic heterocycles. The molecular formula is C14H26N2OS. The lowest BCUT2D eigenvalue weighted by atomic mass is 9.86. The van der Waals surface area contributed by atoms with Crippen molar-refractivity contribution in [2.24, 2.45) is 17.1 Å². The maximum Gasteiger partial charge on any atom is 0.220 e. The van der Waals surface area contributed by atoms with Crippen LogP contribution in [0, 0.1) is 11.3 Å². The fourth-order valence-electron chi connectivity index (χ4n) is 2.31. The zero-order valence-corrected chi connectivity index (χ0v) is 12.4. The predicted molar refractivity (Wildman–Crippen MR) is 79.4 cm³/mol. The van der Waals surface area contributed by atoms with Gasteiger partial charge in [-0.25, -0.2) is 0 Å². The summed E-state index contributed by atoms with van der Waals surface area (Å²) in [5, 5.41) is 2.94. The number of rotatable bonds is 6. The molecule has 4 heteroatoms. The highest BCUT2D eigenvalue weighted by Crippen LogP contribution is 2.27. The average Bonchev–Trinajstić information content (AvgIpc) is 2.35. The molecule has 3 N–H and O–H groups in total. The summed E-state index contributed by atoms with van der Waals surface area (Å²) in [5.41, 5.74) is 5.33. The number of amides is 1. The standard InChI is InChI=1S/C14H26N2OS/c1-14(2,13(15)18)10-16-12(17)9-8-11-6-4-3-5-7-11/h11H,3-10H2,1-2H3,(H2,15,18)(H,16,17). The topological polar surface area (TPSA) is 55.1 Å². The third kappa shape index (κ3) is 5.34. The summed E-state index contributed by atoms with van der Waals surface area (Å²) in [6.07, 6.45) is 8.29. The van der Waals surface area contributed by atoms with E-state index in [-0.39, 0.29) is 11.3 Å². The molecule has 1 fully saturated rings. The second-order valence-electron chi connectivity index (χ2n) is 6.07. The Labute approximate surface area is 116 Å². The number of nitrogens with two attached hydrogens (primary N) is 1. The van der Waals surface area contributed by atoms with Crippen LogP contribution in [0.1, 0.15) is 58.8 Å². The highest BCUT2D eigenvalue weighted by Gasteiger charge is 2.22. The molecular weight excluding hydrogens is 244 g/mol. The quantitative estimate of drug-likeness (QED) is 0.730. The summed E-state index contributed by atoms with van der Waals surface area (Å²) < 4.78 is 0. The number of thiocarbonyl (C=S) groups is 1. The van der Waals surface area contributed by atoms with Crippen LogP contribution in [-0.2, 0) is 4.79 Å². The Hall–Kier alpha value is -0.640. The van der Waals surface area contributed by atoms with Crippen molar-refractivity contribution in [3.8, 4) is 0 Å². The summed E-state index contributed by atoms with van der Waals surface area (Å²) in [6, 6.07) is 0. The van der Waals surface area contributed by atoms with Crippen LogP contribution in [0.3, 0.4) is 0 Å². The van der Waals surface area contributed by atoms with Gasteiger partial charge in [-0.15, -0.1) is 0 Å². The molecule has 0 aromatic rings. The number of hydrogen-bond donors (Lipinski definition) is 2. The fraction of sp³-hybridized carbons (Fsp3) is 0.857. The van der Waals surface area contributed by atoms with E-state index in [4.69, 9.17) is 18.0 Å². The van der Waals surface area contributed by atoms with Gasteiger partial charge >= 0.3 is 0 Å². The Morgan fingerprint density at radius 1 is 1.33 bits per heavy atom. The monoisotopic (exact) mass is 270 g/mol. The summed E-state index contributed by atoms with van der Waals surface area (Å²) in [4.78, 5) is 12.2. The van der Waals surface area contributed by atoms with E-state index in [1.807, 2.05) is 13.8 Å². The first-order valence-corrected chi connectivity index (χ1v) is 7.39. The van der Waals surface area contributed by atoms with Crippen LogP contribution in [-0.4, -0.2) is 17.4 Å². The number of nitrogens with one attached hydrogen (secondary N) is 1. The largest absolute Gasteiger partial charge is 0.393 e. The molecule has 1 aliphatic carbocycles. The molecule has 0 unspecified atom stereocenters. The van der Waals surface area contributed by atoms with Gasteiger partial charge < -0.3 is 11.1 Å². The van der Waals surface area contributed by atoms with E-state index >= 15 is 0 Å². The van der Waals surface area contributed by atoms with Crippen molar-refractivity contribution < 1.29 is 4.79 Å². The van der Waals surface area contributed by atoms with Crippen LogP contribution in [0.15, 0.2) is 0 Å². The van der Waals surface area contributed by atoms with Crippen molar-refractivity contribution in [2.75, 3.05) is 6.54 Å². The Balaban J connectivity index is 2.19. The molecule has 0 spiro atoms. The molecule has 0 aromatic carbocycles. The molecule has 0 bridgehead atoms. The van der Waals surface area contributed by atoms with Crippen LogP contribution >= 0.6 is 12.2 Å². The maximum absolute atomic E-state index is 11.8. The molecule has 0 atom stereocenters. The van der Waals surface area contributed by atoms with E-state index < -0.39 is 0 Å². The molecule has 0 heterocycles. The van der Waals surface area contributed by atoms with Crippen LogP contribution in [0.2, 0.25) is 0 Å². The van der Waals surface area contributed by atoms with Crippen molar-refractivity contribution in [1.82, 2.24) is 5.32 Å². The van der Waals surface area contributed by atoms with Crippen molar-refractivity contribution >= 4 is 23.1 Å². The van der Waals surface area contributed by atoms with Gasteiger partial charge in [0.05, 0.1) is 4.99 Å². The lowest BCUT2D eigenvalue weighted by Gasteiger charge is -2.24. The molecule has 3 nitrogen and oxygen atoms in total. The van der Waals surface area contributed by atoms with Gasteiger partial charge in [-0.05, 0) is 12.3 Å². The second kappa shape index (κ2) is 7.07. The Bertz CT molecular complexity index is 296. The van der Waals surface area contributed by atoms with Gasteiger partial charge in [0.15, 0.2) is 0 Å². The smallest absolute Gasteiger partial charge is 0.220 e.